The Hall–Kier alpha value is -0.530. The van der Waals surface area contributed by atoms with Crippen molar-refractivity contribution in [2.24, 2.45) is 5.92 Å². The zero-order valence-electron chi connectivity index (χ0n) is 10.6. The third-order valence-corrected chi connectivity index (χ3v) is 3.01. The second-order valence-corrected chi connectivity index (χ2v) is 4.17. The molecule has 2 nitrogen and oxygen atoms in total. The molecule has 15 heavy (non-hydrogen) atoms. The van der Waals surface area contributed by atoms with Gasteiger partial charge in [-0.2, -0.15) is 0 Å². The summed E-state index contributed by atoms with van der Waals surface area (Å²) < 4.78 is 0. The number of nitrogens with zero attached hydrogens (tertiary/aromatic N) is 1. The normalized spacial score (nSPS) is 14.7. The van der Waals surface area contributed by atoms with Gasteiger partial charge in [-0.1, -0.05) is 33.6 Å². The Morgan fingerprint density at radius 3 is 2.27 bits per heavy atom. The minimum Gasteiger partial charge on any atom is -0.342 e. The molecule has 0 rings (SSSR count). The van der Waals surface area contributed by atoms with Crippen LogP contribution in [0.5, 0.6) is 0 Å². The van der Waals surface area contributed by atoms with Gasteiger partial charge in [0.1, 0.15) is 0 Å². The van der Waals surface area contributed by atoms with Crippen LogP contribution in [-0.2, 0) is 4.79 Å². The second-order valence-electron chi connectivity index (χ2n) is 4.17. The average molecular weight is 211 g/mol. The number of amides is 1. The van der Waals surface area contributed by atoms with E-state index in [0.717, 1.165) is 32.1 Å². The number of hydrogen-bond donors (Lipinski definition) is 0. The van der Waals surface area contributed by atoms with Gasteiger partial charge >= 0.3 is 0 Å². The van der Waals surface area contributed by atoms with Gasteiger partial charge in [0.25, 0.3) is 0 Å². The molecule has 0 saturated carbocycles. The Bertz CT molecular complexity index is 179. The van der Waals surface area contributed by atoms with Crippen LogP contribution in [0.25, 0.3) is 0 Å². The monoisotopic (exact) mass is 211 g/mol. The number of rotatable bonds is 7. The Balaban J connectivity index is 4.24. The van der Waals surface area contributed by atoms with Crippen LogP contribution in [0, 0.1) is 12.8 Å². The standard InChI is InChI=1S/C13H25NO/c1-6-9-10-12(8-3)13(15)14(5)11(4)7-2/h4,11-12H,6-10H2,1-3,5H3. The van der Waals surface area contributed by atoms with Gasteiger partial charge in [0.05, 0.1) is 0 Å². The minimum atomic E-state index is -0.131. The summed E-state index contributed by atoms with van der Waals surface area (Å²) in [5, 5.41) is 0. The van der Waals surface area contributed by atoms with Crippen molar-refractivity contribution >= 4 is 5.91 Å². The van der Waals surface area contributed by atoms with Gasteiger partial charge in [0.2, 0.25) is 5.91 Å². The Kier molecular flexibility index (Phi) is 7.45. The molecule has 2 unspecified atom stereocenters. The molecule has 2 radical (unpaired) electrons. The Labute approximate surface area is 95.0 Å². The second kappa shape index (κ2) is 7.72. The maximum absolute atomic E-state index is 12.0. The number of unbranched alkanes of at least 4 members (excludes halogenated alkanes) is 1. The smallest absolute Gasteiger partial charge is 0.225 e. The van der Waals surface area contributed by atoms with E-state index in [1.54, 1.807) is 4.90 Å². The molecule has 0 spiro atoms. The van der Waals surface area contributed by atoms with Crippen molar-refractivity contribution < 1.29 is 4.79 Å². The van der Waals surface area contributed by atoms with E-state index >= 15 is 0 Å². The van der Waals surface area contributed by atoms with Gasteiger partial charge in [0, 0.05) is 19.0 Å². The van der Waals surface area contributed by atoms with Crippen molar-refractivity contribution in [2.75, 3.05) is 7.05 Å². The lowest BCUT2D eigenvalue weighted by Crippen LogP contribution is -2.38. The lowest BCUT2D eigenvalue weighted by molar-refractivity contribution is -0.136. The van der Waals surface area contributed by atoms with Crippen molar-refractivity contribution in [3.05, 3.63) is 6.92 Å². The first-order valence-electron chi connectivity index (χ1n) is 6.10. The Morgan fingerprint density at radius 1 is 1.27 bits per heavy atom. The van der Waals surface area contributed by atoms with Crippen LogP contribution in [0.15, 0.2) is 0 Å². The lowest BCUT2D eigenvalue weighted by Gasteiger charge is -2.27. The summed E-state index contributed by atoms with van der Waals surface area (Å²) in [5.74, 6) is 0.368. The fraction of sp³-hybridized carbons (Fsp3) is 0.846. The van der Waals surface area contributed by atoms with Crippen molar-refractivity contribution in [3.63, 3.8) is 0 Å². The summed E-state index contributed by atoms with van der Waals surface area (Å²) in [5.41, 5.74) is 0. The molecule has 0 saturated heterocycles. The largest absolute Gasteiger partial charge is 0.342 e. The predicted molar refractivity (Wildman–Crippen MR) is 64.5 cm³/mol. The third kappa shape index (κ3) is 4.67. The molecule has 0 N–H and O–H groups in total. The van der Waals surface area contributed by atoms with E-state index in [4.69, 9.17) is 6.92 Å². The number of carbonyl (C=O) groups is 1. The highest BCUT2D eigenvalue weighted by Crippen LogP contribution is 2.16. The highest BCUT2D eigenvalue weighted by molar-refractivity contribution is 5.78. The van der Waals surface area contributed by atoms with Crippen LogP contribution in [0.2, 0.25) is 0 Å². The number of hydrogen-bond acceptors (Lipinski definition) is 1. The van der Waals surface area contributed by atoms with Gasteiger partial charge in [0.15, 0.2) is 0 Å². The van der Waals surface area contributed by atoms with E-state index < -0.39 is 0 Å². The van der Waals surface area contributed by atoms with Crippen molar-refractivity contribution in [2.45, 2.75) is 58.9 Å². The van der Waals surface area contributed by atoms with Gasteiger partial charge in [-0.3, -0.25) is 4.79 Å². The summed E-state index contributed by atoms with van der Waals surface area (Å²) in [6, 6.07) is -0.131. The zero-order valence-corrected chi connectivity index (χ0v) is 10.6. The molecule has 1 amide bonds. The predicted octanol–water partition coefficient (Wildman–Crippen LogP) is 3.15. The molecule has 88 valence electrons. The van der Waals surface area contributed by atoms with E-state index in [2.05, 4.69) is 13.8 Å². The van der Waals surface area contributed by atoms with E-state index in [0.29, 0.717) is 0 Å². The molecular weight excluding hydrogens is 186 g/mol. The quantitative estimate of drug-likeness (QED) is 0.633. The van der Waals surface area contributed by atoms with Gasteiger partial charge < -0.3 is 4.90 Å². The van der Waals surface area contributed by atoms with Gasteiger partial charge in [-0.25, -0.2) is 0 Å². The van der Waals surface area contributed by atoms with Gasteiger partial charge in [-0.05, 0) is 26.2 Å². The van der Waals surface area contributed by atoms with E-state index in [1.807, 2.05) is 14.0 Å². The number of carbonyl (C=O) groups excluding carboxylic acids is 1. The molecule has 0 aromatic rings. The molecule has 0 aliphatic carbocycles. The summed E-state index contributed by atoms with van der Waals surface area (Å²) in [6.45, 7) is 12.1. The maximum atomic E-state index is 12.0. The molecule has 0 aromatic carbocycles. The molecule has 0 fully saturated rings. The molecule has 0 aromatic heterocycles. The summed E-state index contributed by atoms with van der Waals surface area (Å²) in [6.07, 6.45) is 4.99. The van der Waals surface area contributed by atoms with Crippen molar-refractivity contribution in [3.8, 4) is 0 Å². The molecule has 0 aliphatic heterocycles. The molecule has 0 bridgehead atoms. The van der Waals surface area contributed by atoms with Gasteiger partial charge in [-0.15, -0.1) is 0 Å². The average Bonchev–Trinajstić information content (AvgIpc) is 2.27. The highest BCUT2D eigenvalue weighted by Gasteiger charge is 2.22. The summed E-state index contributed by atoms with van der Waals surface area (Å²) >= 11 is 0. The zero-order chi connectivity index (χ0) is 11.8. The maximum Gasteiger partial charge on any atom is 0.225 e. The fourth-order valence-electron chi connectivity index (χ4n) is 1.68. The van der Waals surface area contributed by atoms with Crippen LogP contribution in [0.1, 0.15) is 52.9 Å². The van der Waals surface area contributed by atoms with E-state index in [1.165, 1.54) is 0 Å². The SMILES string of the molecule is [CH]C(CC)N(C)C(=O)C(CC)CCCC. The minimum absolute atomic E-state index is 0.131. The van der Waals surface area contributed by atoms with E-state index in [9.17, 15) is 4.79 Å². The van der Waals surface area contributed by atoms with Crippen LogP contribution in [-0.4, -0.2) is 23.9 Å². The Morgan fingerprint density at radius 2 is 1.87 bits per heavy atom. The topological polar surface area (TPSA) is 20.3 Å². The van der Waals surface area contributed by atoms with Crippen LogP contribution in [0.4, 0.5) is 0 Å². The lowest BCUT2D eigenvalue weighted by atomic mass is 9.97. The fourth-order valence-corrected chi connectivity index (χ4v) is 1.68. The summed E-state index contributed by atoms with van der Waals surface area (Å²) in [4.78, 5) is 13.7. The van der Waals surface area contributed by atoms with Crippen molar-refractivity contribution in [1.82, 2.24) is 4.90 Å². The molecule has 0 aliphatic rings. The van der Waals surface area contributed by atoms with Crippen LogP contribution >= 0.6 is 0 Å². The molecular formula is C13H25NO. The van der Waals surface area contributed by atoms with Crippen LogP contribution in [0.3, 0.4) is 0 Å². The first-order valence-corrected chi connectivity index (χ1v) is 6.10. The highest BCUT2D eigenvalue weighted by atomic mass is 16.2. The molecule has 0 heterocycles. The van der Waals surface area contributed by atoms with Crippen molar-refractivity contribution in [1.29, 1.82) is 0 Å². The first-order chi connectivity index (χ1) is 7.08. The molecule has 2 heteroatoms. The third-order valence-electron chi connectivity index (χ3n) is 3.01. The van der Waals surface area contributed by atoms with Crippen LogP contribution < -0.4 is 0 Å². The summed E-state index contributed by atoms with van der Waals surface area (Å²) in [7, 11) is 1.81. The molecule has 2 atom stereocenters. The van der Waals surface area contributed by atoms with E-state index in [-0.39, 0.29) is 17.9 Å². The first kappa shape index (κ1) is 14.5.